The van der Waals surface area contributed by atoms with Crippen LogP contribution in [0.1, 0.15) is 41.6 Å². The zero-order valence-electron chi connectivity index (χ0n) is 15.0. The number of aliphatic hydroxyl groups is 1. The first-order valence-electron chi connectivity index (χ1n) is 9.35. The fourth-order valence-corrected chi connectivity index (χ4v) is 4.38. The van der Waals surface area contributed by atoms with Crippen LogP contribution in [0.3, 0.4) is 0 Å². The molecule has 5 nitrogen and oxygen atoms in total. The topological polar surface area (TPSA) is 74.2 Å². The number of benzene rings is 2. The normalized spacial score (nSPS) is 19.7. The van der Waals surface area contributed by atoms with Gasteiger partial charge < -0.3 is 15.7 Å². The zero-order valence-corrected chi connectivity index (χ0v) is 15.8. The minimum Gasteiger partial charge on any atom is -0.393 e. The summed E-state index contributed by atoms with van der Waals surface area (Å²) in [5.74, 6) is -0.0788. The molecule has 1 aromatic heterocycles. The maximum atomic E-state index is 12.4. The van der Waals surface area contributed by atoms with E-state index in [2.05, 4.69) is 15.6 Å². The molecule has 1 aliphatic carbocycles. The summed E-state index contributed by atoms with van der Waals surface area (Å²) >= 11 is 1.57. The number of hydrogen-bond donors (Lipinski definition) is 3. The third kappa shape index (κ3) is 4.46. The zero-order chi connectivity index (χ0) is 18.6. The molecule has 0 bridgehead atoms. The molecule has 1 heterocycles. The first-order chi connectivity index (χ1) is 13.2. The molecule has 1 amide bonds. The van der Waals surface area contributed by atoms with Crippen molar-refractivity contribution in [3.63, 3.8) is 0 Å². The van der Waals surface area contributed by atoms with Gasteiger partial charge >= 0.3 is 0 Å². The van der Waals surface area contributed by atoms with Crippen LogP contribution >= 0.6 is 11.3 Å². The first-order valence-corrected chi connectivity index (χ1v) is 10.2. The van der Waals surface area contributed by atoms with E-state index in [0.29, 0.717) is 18.2 Å². The summed E-state index contributed by atoms with van der Waals surface area (Å²) in [5, 5.41) is 17.0. The minimum atomic E-state index is -0.157. The lowest BCUT2D eigenvalue weighted by molar-refractivity contribution is 0.0951. The highest BCUT2D eigenvalue weighted by Crippen LogP contribution is 2.29. The first kappa shape index (κ1) is 17.9. The molecule has 1 aliphatic rings. The van der Waals surface area contributed by atoms with Gasteiger partial charge in [-0.1, -0.05) is 41.7 Å². The highest BCUT2D eigenvalue weighted by atomic mass is 32.1. The summed E-state index contributed by atoms with van der Waals surface area (Å²) in [6.07, 6.45) is 3.45. The van der Waals surface area contributed by atoms with Gasteiger partial charge in [-0.2, -0.15) is 0 Å². The summed E-state index contributed by atoms with van der Waals surface area (Å²) in [7, 11) is 0. The Morgan fingerprint density at radius 1 is 1.11 bits per heavy atom. The standard InChI is InChI=1S/C21H23N3O2S/c25-17-9-7-16(8-10-17)23-21-24-18-11-6-15(12-19(18)27-21)20(26)22-13-14-4-2-1-3-5-14/h1-6,11-12,16-17,25H,7-10,13H2,(H,22,26)(H,23,24). The number of thiazole rings is 1. The summed E-state index contributed by atoms with van der Waals surface area (Å²) in [6.45, 7) is 0.515. The number of aliphatic hydroxyl groups excluding tert-OH is 1. The van der Waals surface area contributed by atoms with E-state index in [4.69, 9.17) is 0 Å². The molecule has 0 saturated heterocycles. The molecule has 0 spiro atoms. The van der Waals surface area contributed by atoms with Crippen molar-refractivity contribution in [1.29, 1.82) is 0 Å². The van der Waals surface area contributed by atoms with Crippen LogP contribution in [0.15, 0.2) is 48.5 Å². The van der Waals surface area contributed by atoms with E-state index >= 15 is 0 Å². The Morgan fingerprint density at radius 3 is 2.67 bits per heavy atom. The van der Waals surface area contributed by atoms with Crippen molar-refractivity contribution in [1.82, 2.24) is 10.3 Å². The fourth-order valence-electron chi connectivity index (χ4n) is 3.40. The lowest BCUT2D eigenvalue weighted by atomic mass is 9.93. The maximum absolute atomic E-state index is 12.4. The minimum absolute atomic E-state index is 0.0788. The van der Waals surface area contributed by atoms with Gasteiger partial charge in [0.1, 0.15) is 0 Å². The Morgan fingerprint density at radius 2 is 1.89 bits per heavy atom. The van der Waals surface area contributed by atoms with E-state index in [1.54, 1.807) is 11.3 Å². The lowest BCUT2D eigenvalue weighted by Gasteiger charge is -2.25. The van der Waals surface area contributed by atoms with Gasteiger partial charge in [0, 0.05) is 18.2 Å². The number of anilines is 1. The smallest absolute Gasteiger partial charge is 0.251 e. The summed E-state index contributed by atoms with van der Waals surface area (Å²) in [4.78, 5) is 17.1. The fraction of sp³-hybridized carbons (Fsp3) is 0.333. The molecule has 6 heteroatoms. The number of hydrogen-bond acceptors (Lipinski definition) is 5. The average molecular weight is 382 g/mol. The van der Waals surface area contributed by atoms with E-state index in [9.17, 15) is 9.90 Å². The molecule has 0 aliphatic heterocycles. The van der Waals surface area contributed by atoms with E-state index in [1.165, 1.54) is 0 Å². The van der Waals surface area contributed by atoms with E-state index in [0.717, 1.165) is 46.6 Å². The van der Waals surface area contributed by atoms with E-state index in [1.807, 2.05) is 48.5 Å². The van der Waals surface area contributed by atoms with Crippen molar-refractivity contribution in [2.75, 3.05) is 5.32 Å². The summed E-state index contributed by atoms with van der Waals surface area (Å²) in [5.41, 5.74) is 2.63. The Hall–Kier alpha value is -2.44. The van der Waals surface area contributed by atoms with Gasteiger partial charge in [0.25, 0.3) is 5.91 Å². The molecule has 0 atom stereocenters. The van der Waals surface area contributed by atoms with Crippen LogP contribution in [-0.2, 0) is 6.54 Å². The largest absolute Gasteiger partial charge is 0.393 e. The number of aromatic nitrogens is 1. The van der Waals surface area contributed by atoms with Gasteiger partial charge in [-0.15, -0.1) is 0 Å². The average Bonchev–Trinajstić information content (AvgIpc) is 3.10. The van der Waals surface area contributed by atoms with Crippen LogP contribution in [0.5, 0.6) is 0 Å². The van der Waals surface area contributed by atoms with Crippen LogP contribution in [0.25, 0.3) is 10.2 Å². The molecule has 0 unspecified atom stereocenters. The number of carbonyl (C=O) groups is 1. The van der Waals surface area contributed by atoms with Crippen molar-refractivity contribution in [2.45, 2.75) is 44.4 Å². The highest BCUT2D eigenvalue weighted by molar-refractivity contribution is 7.22. The molecule has 4 rings (SSSR count). The SMILES string of the molecule is O=C(NCc1ccccc1)c1ccc2nc(NC3CCC(O)CC3)sc2c1. The van der Waals surface area contributed by atoms with Gasteiger partial charge in [-0.3, -0.25) is 4.79 Å². The molecule has 1 fully saturated rings. The Labute approximate surface area is 162 Å². The molecule has 2 aromatic carbocycles. The molecule has 140 valence electrons. The third-order valence-corrected chi connectivity index (χ3v) is 5.92. The highest BCUT2D eigenvalue weighted by Gasteiger charge is 2.20. The van der Waals surface area contributed by atoms with E-state index < -0.39 is 0 Å². The van der Waals surface area contributed by atoms with Gasteiger partial charge in [0.05, 0.1) is 16.3 Å². The molecule has 27 heavy (non-hydrogen) atoms. The Bertz CT molecular complexity index is 918. The van der Waals surface area contributed by atoms with Crippen molar-refractivity contribution >= 4 is 32.6 Å². The summed E-state index contributed by atoms with van der Waals surface area (Å²) < 4.78 is 1.00. The predicted molar refractivity (Wildman–Crippen MR) is 109 cm³/mol. The van der Waals surface area contributed by atoms with E-state index in [-0.39, 0.29) is 12.0 Å². The maximum Gasteiger partial charge on any atom is 0.251 e. The second-order valence-electron chi connectivity index (χ2n) is 7.02. The summed E-state index contributed by atoms with van der Waals surface area (Å²) in [6, 6.07) is 15.9. The number of fused-ring (bicyclic) bond motifs is 1. The number of nitrogens with zero attached hydrogens (tertiary/aromatic N) is 1. The molecule has 0 radical (unpaired) electrons. The predicted octanol–water partition coefficient (Wildman–Crippen LogP) is 3.94. The molecular formula is C21H23N3O2S. The number of amides is 1. The second kappa shape index (κ2) is 8.06. The number of nitrogens with one attached hydrogen (secondary N) is 2. The second-order valence-corrected chi connectivity index (χ2v) is 8.05. The lowest BCUT2D eigenvalue weighted by Crippen LogP contribution is -2.28. The quantitative estimate of drug-likeness (QED) is 0.626. The van der Waals surface area contributed by atoms with Crippen molar-refractivity contribution in [3.05, 3.63) is 59.7 Å². The Balaban J connectivity index is 1.42. The van der Waals surface area contributed by atoms with Crippen LogP contribution in [-0.4, -0.2) is 28.1 Å². The number of carbonyl (C=O) groups excluding carboxylic acids is 1. The van der Waals surface area contributed by atoms with Crippen LogP contribution in [0, 0.1) is 0 Å². The van der Waals surface area contributed by atoms with Crippen molar-refractivity contribution in [3.8, 4) is 0 Å². The van der Waals surface area contributed by atoms with Crippen LogP contribution < -0.4 is 10.6 Å². The monoisotopic (exact) mass is 381 g/mol. The van der Waals surface area contributed by atoms with Gasteiger partial charge in [0.2, 0.25) is 0 Å². The number of rotatable bonds is 5. The third-order valence-electron chi connectivity index (χ3n) is 4.97. The molecule has 1 saturated carbocycles. The van der Waals surface area contributed by atoms with Crippen LogP contribution in [0.4, 0.5) is 5.13 Å². The molecule has 3 N–H and O–H groups in total. The molecule has 3 aromatic rings. The van der Waals surface area contributed by atoms with Crippen LogP contribution in [0.2, 0.25) is 0 Å². The Kier molecular flexibility index (Phi) is 5.36. The van der Waals surface area contributed by atoms with Gasteiger partial charge in [-0.25, -0.2) is 4.98 Å². The van der Waals surface area contributed by atoms with Gasteiger partial charge in [0.15, 0.2) is 5.13 Å². The molecular weight excluding hydrogens is 358 g/mol. The van der Waals surface area contributed by atoms with Crippen molar-refractivity contribution < 1.29 is 9.90 Å². The van der Waals surface area contributed by atoms with Crippen molar-refractivity contribution in [2.24, 2.45) is 0 Å². The van der Waals surface area contributed by atoms with Gasteiger partial charge in [-0.05, 0) is 49.4 Å².